The van der Waals surface area contributed by atoms with Crippen molar-refractivity contribution in [3.05, 3.63) is 24.2 Å². The number of sulfonamides is 1. The van der Waals surface area contributed by atoms with Crippen molar-refractivity contribution in [3.63, 3.8) is 0 Å². The molecule has 1 fully saturated rings. The molecule has 0 aromatic carbocycles. The molecule has 2 rings (SSSR count). The number of amides is 1. The van der Waals surface area contributed by atoms with Crippen LogP contribution in [-0.2, 0) is 14.8 Å². The van der Waals surface area contributed by atoms with Crippen molar-refractivity contribution in [2.75, 3.05) is 25.9 Å². The zero-order chi connectivity index (χ0) is 14.0. The van der Waals surface area contributed by atoms with Crippen molar-refractivity contribution in [1.82, 2.24) is 9.21 Å². The Balaban J connectivity index is 2.00. The molecular weight excluding hydrogens is 268 g/mol. The largest absolute Gasteiger partial charge is 0.467 e. The van der Waals surface area contributed by atoms with Crippen molar-refractivity contribution in [2.24, 2.45) is 0 Å². The van der Waals surface area contributed by atoms with Crippen LogP contribution in [-0.4, -0.2) is 49.4 Å². The summed E-state index contributed by atoms with van der Waals surface area (Å²) in [5.74, 6) is 0.590. The highest BCUT2D eigenvalue weighted by molar-refractivity contribution is 7.89. The highest BCUT2D eigenvalue weighted by Crippen LogP contribution is 2.20. The van der Waals surface area contributed by atoms with Crippen LogP contribution in [0, 0.1) is 0 Å². The van der Waals surface area contributed by atoms with Crippen molar-refractivity contribution in [1.29, 1.82) is 0 Å². The molecule has 1 aromatic rings. The standard InChI is InChI=1S/C12H18N2O4S/c1-10(11-5-3-7-18-11)13(2)12(15)9-14-6-4-8-19(14,16)17/h3,5,7,10H,4,6,8-9H2,1-2H3. The first-order valence-corrected chi connectivity index (χ1v) is 7.79. The molecule has 1 unspecified atom stereocenters. The smallest absolute Gasteiger partial charge is 0.238 e. The molecule has 7 heteroatoms. The molecule has 0 radical (unpaired) electrons. The third kappa shape index (κ3) is 2.98. The normalized spacial score (nSPS) is 20.3. The summed E-state index contributed by atoms with van der Waals surface area (Å²) in [4.78, 5) is 13.6. The Hall–Kier alpha value is -1.34. The van der Waals surface area contributed by atoms with E-state index in [4.69, 9.17) is 4.42 Å². The number of carbonyl (C=O) groups is 1. The minimum atomic E-state index is -3.23. The lowest BCUT2D eigenvalue weighted by molar-refractivity contribution is -0.132. The van der Waals surface area contributed by atoms with E-state index in [1.54, 1.807) is 25.4 Å². The molecule has 0 spiro atoms. The Morgan fingerprint density at radius 1 is 1.58 bits per heavy atom. The quantitative estimate of drug-likeness (QED) is 0.822. The van der Waals surface area contributed by atoms with Crippen LogP contribution in [0.3, 0.4) is 0 Å². The Morgan fingerprint density at radius 3 is 2.84 bits per heavy atom. The molecule has 1 aromatic heterocycles. The first-order valence-electron chi connectivity index (χ1n) is 6.18. The van der Waals surface area contributed by atoms with E-state index in [1.807, 2.05) is 6.92 Å². The topological polar surface area (TPSA) is 70.8 Å². The summed E-state index contributed by atoms with van der Waals surface area (Å²) < 4.78 is 29.8. The van der Waals surface area contributed by atoms with Gasteiger partial charge >= 0.3 is 0 Å². The van der Waals surface area contributed by atoms with Crippen LogP contribution in [0.1, 0.15) is 25.1 Å². The van der Waals surface area contributed by atoms with Gasteiger partial charge in [0.1, 0.15) is 5.76 Å². The molecule has 106 valence electrons. The van der Waals surface area contributed by atoms with Gasteiger partial charge in [0.25, 0.3) is 0 Å². The van der Waals surface area contributed by atoms with E-state index in [-0.39, 0.29) is 24.2 Å². The maximum absolute atomic E-state index is 12.1. The molecule has 1 saturated heterocycles. The average Bonchev–Trinajstić information content (AvgIpc) is 2.98. The lowest BCUT2D eigenvalue weighted by Crippen LogP contribution is -2.40. The minimum absolute atomic E-state index is 0.0934. The summed E-state index contributed by atoms with van der Waals surface area (Å²) in [7, 11) is -1.58. The SMILES string of the molecule is CC(c1ccco1)N(C)C(=O)CN1CCCS1(=O)=O. The number of furan rings is 1. The number of hydrogen-bond acceptors (Lipinski definition) is 4. The molecule has 0 bridgehead atoms. The van der Waals surface area contributed by atoms with E-state index in [9.17, 15) is 13.2 Å². The molecule has 19 heavy (non-hydrogen) atoms. The third-order valence-electron chi connectivity index (χ3n) is 3.44. The van der Waals surface area contributed by atoms with E-state index in [1.165, 1.54) is 9.21 Å². The molecule has 1 atom stereocenters. The molecule has 1 amide bonds. The van der Waals surface area contributed by atoms with E-state index < -0.39 is 10.0 Å². The highest BCUT2D eigenvalue weighted by atomic mass is 32.2. The fraction of sp³-hybridized carbons (Fsp3) is 0.583. The Bertz CT molecular complexity index is 538. The van der Waals surface area contributed by atoms with Crippen LogP contribution in [0.5, 0.6) is 0 Å². The number of rotatable bonds is 4. The lowest BCUT2D eigenvalue weighted by Gasteiger charge is -2.25. The molecule has 0 aliphatic carbocycles. The second-order valence-electron chi connectivity index (χ2n) is 4.70. The van der Waals surface area contributed by atoms with Gasteiger partial charge in [-0.2, -0.15) is 4.31 Å². The van der Waals surface area contributed by atoms with Crippen molar-refractivity contribution >= 4 is 15.9 Å². The van der Waals surface area contributed by atoms with Crippen molar-refractivity contribution < 1.29 is 17.6 Å². The summed E-state index contributed by atoms with van der Waals surface area (Å²) >= 11 is 0. The second-order valence-corrected chi connectivity index (χ2v) is 6.79. The predicted octanol–water partition coefficient (Wildman–Crippen LogP) is 0.835. The molecule has 0 saturated carbocycles. The van der Waals surface area contributed by atoms with Crippen molar-refractivity contribution in [2.45, 2.75) is 19.4 Å². The Labute approximate surface area is 113 Å². The molecule has 1 aliphatic rings. The predicted molar refractivity (Wildman–Crippen MR) is 69.9 cm³/mol. The number of nitrogens with zero attached hydrogens (tertiary/aromatic N) is 2. The van der Waals surface area contributed by atoms with Crippen LogP contribution < -0.4 is 0 Å². The van der Waals surface area contributed by atoms with Crippen LogP contribution in [0.4, 0.5) is 0 Å². The summed E-state index contributed by atoms with van der Waals surface area (Å²) in [6.45, 7) is 2.18. The van der Waals surface area contributed by atoms with Gasteiger partial charge in [-0.3, -0.25) is 4.79 Å². The van der Waals surface area contributed by atoms with E-state index in [0.29, 0.717) is 18.7 Å². The summed E-state index contributed by atoms with van der Waals surface area (Å²) in [5, 5.41) is 0. The van der Waals surface area contributed by atoms with Crippen LogP contribution in [0.15, 0.2) is 22.8 Å². The number of carbonyl (C=O) groups excluding carboxylic acids is 1. The maximum Gasteiger partial charge on any atom is 0.238 e. The van der Waals surface area contributed by atoms with E-state index in [0.717, 1.165) is 0 Å². The Morgan fingerprint density at radius 2 is 2.32 bits per heavy atom. The van der Waals surface area contributed by atoms with Gasteiger partial charge in [-0.05, 0) is 25.5 Å². The first-order chi connectivity index (χ1) is 8.92. The Kier molecular flexibility index (Phi) is 3.96. The summed E-state index contributed by atoms with van der Waals surface area (Å²) in [5.41, 5.74) is 0. The molecule has 1 aliphatic heterocycles. The van der Waals surface area contributed by atoms with Gasteiger partial charge in [0.15, 0.2) is 0 Å². The molecule has 2 heterocycles. The van der Waals surface area contributed by atoms with Crippen LogP contribution in [0.25, 0.3) is 0 Å². The fourth-order valence-corrected chi connectivity index (χ4v) is 3.53. The zero-order valence-corrected chi connectivity index (χ0v) is 11.9. The fourth-order valence-electron chi connectivity index (χ4n) is 2.07. The maximum atomic E-state index is 12.1. The van der Waals surface area contributed by atoms with Crippen molar-refractivity contribution in [3.8, 4) is 0 Å². The van der Waals surface area contributed by atoms with Gasteiger partial charge in [-0.1, -0.05) is 0 Å². The number of hydrogen-bond donors (Lipinski definition) is 0. The average molecular weight is 286 g/mol. The zero-order valence-electron chi connectivity index (χ0n) is 11.1. The molecule has 6 nitrogen and oxygen atoms in total. The van der Waals surface area contributed by atoms with Gasteiger partial charge in [0.2, 0.25) is 15.9 Å². The van der Waals surface area contributed by atoms with Gasteiger partial charge < -0.3 is 9.32 Å². The van der Waals surface area contributed by atoms with Gasteiger partial charge in [0.05, 0.1) is 24.6 Å². The second kappa shape index (κ2) is 5.34. The molecular formula is C12H18N2O4S. The van der Waals surface area contributed by atoms with E-state index in [2.05, 4.69) is 0 Å². The van der Waals surface area contributed by atoms with Crippen LogP contribution >= 0.6 is 0 Å². The van der Waals surface area contributed by atoms with Crippen LogP contribution in [0.2, 0.25) is 0 Å². The molecule has 0 N–H and O–H groups in total. The third-order valence-corrected chi connectivity index (χ3v) is 5.35. The van der Waals surface area contributed by atoms with E-state index >= 15 is 0 Å². The number of likely N-dealkylation sites (N-methyl/N-ethyl adjacent to an activating group) is 1. The van der Waals surface area contributed by atoms with Gasteiger partial charge in [-0.15, -0.1) is 0 Å². The van der Waals surface area contributed by atoms with Gasteiger partial charge in [-0.25, -0.2) is 8.42 Å². The van der Waals surface area contributed by atoms with Gasteiger partial charge in [0, 0.05) is 13.6 Å². The minimum Gasteiger partial charge on any atom is -0.467 e. The highest BCUT2D eigenvalue weighted by Gasteiger charge is 2.31. The summed E-state index contributed by atoms with van der Waals surface area (Å²) in [6, 6.07) is 3.34. The lowest BCUT2D eigenvalue weighted by atomic mass is 10.2. The summed E-state index contributed by atoms with van der Waals surface area (Å²) in [6.07, 6.45) is 2.14. The monoisotopic (exact) mass is 286 g/mol. The first kappa shape index (κ1) is 14.1.